The standard InChI is InChI=1S/C29H76O8Si8/c1-16-20-21-22-23-24-25-41(13,33-38(5,6)7)35-40(11,12)36-43(15,27-29-45(30,31)32)37-42(14,34-39(8,9)10)26-28-44(17-2,18-3)19-4/h30-32H,16-29H2,1-15H3. The molecule has 8 nitrogen and oxygen atoms in total. The number of rotatable bonds is 26. The third-order valence-corrected chi connectivity index (χ3v) is 39.2. The minimum atomic E-state index is -4.31. The quantitative estimate of drug-likeness (QED) is 0.0590. The summed E-state index contributed by atoms with van der Waals surface area (Å²) in [6, 6.07) is 6.93. The van der Waals surface area contributed by atoms with Gasteiger partial charge in [-0.25, -0.2) is 0 Å². The predicted molar refractivity (Wildman–Crippen MR) is 211 cm³/mol. The Morgan fingerprint density at radius 1 is 0.400 bits per heavy atom. The molecule has 0 rings (SSSR count). The molecule has 0 spiro atoms. The average Bonchev–Trinajstić information content (AvgIpc) is 2.82. The third kappa shape index (κ3) is 21.3. The van der Waals surface area contributed by atoms with Crippen LogP contribution in [0.15, 0.2) is 0 Å². The van der Waals surface area contributed by atoms with E-state index in [1.54, 1.807) is 0 Å². The van der Waals surface area contributed by atoms with E-state index in [-0.39, 0.29) is 12.1 Å². The second kappa shape index (κ2) is 19.1. The van der Waals surface area contributed by atoms with E-state index in [0.717, 1.165) is 24.6 Å². The summed E-state index contributed by atoms with van der Waals surface area (Å²) in [6.45, 7) is 33.2. The lowest BCUT2D eigenvalue weighted by Crippen LogP contribution is -2.62. The molecule has 0 heterocycles. The Morgan fingerprint density at radius 2 is 0.778 bits per heavy atom. The van der Waals surface area contributed by atoms with Gasteiger partial charge in [-0.3, -0.25) is 0 Å². The number of hydrogen-bond donors (Lipinski definition) is 3. The van der Waals surface area contributed by atoms with Gasteiger partial charge in [0.05, 0.1) is 8.07 Å². The summed E-state index contributed by atoms with van der Waals surface area (Å²) in [5, 5.41) is 0. The molecule has 0 amide bonds. The van der Waals surface area contributed by atoms with Crippen molar-refractivity contribution in [1.82, 2.24) is 0 Å². The molecule has 3 unspecified atom stereocenters. The Labute approximate surface area is 288 Å². The molecule has 0 aliphatic rings. The lowest BCUT2D eigenvalue weighted by Gasteiger charge is -2.46. The van der Waals surface area contributed by atoms with Crippen molar-refractivity contribution in [3.05, 3.63) is 0 Å². The van der Waals surface area contributed by atoms with Gasteiger partial charge >= 0.3 is 43.0 Å². The molecule has 0 aliphatic heterocycles. The van der Waals surface area contributed by atoms with Gasteiger partial charge in [0.25, 0.3) is 0 Å². The lowest BCUT2D eigenvalue weighted by atomic mass is 10.1. The molecule has 3 atom stereocenters. The van der Waals surface area contributed by atoms with Gasteiger partial charge in [0.15, 0.2) is 16.6 Å². The first-order chi connectivity index (χ1) is 20.2. The maximum absolute atomic E-state index is 10.1. The van der Waals surface area contributed by atoms with Crippen molar-refractivity contribution in [2.75, 3.05) is 0 Å². The van der Waals surface area contributed by atoms with Crippen molar-refractivity contribution in [2.24, 2.45) is 0 Å². The van der Waals surface area contributed by atoms with Crippen LogP contribution in [0.2, 0.25) is 120 Å². The molecule has 16 heteroatoms. The summed E-state index contributed by atoms with van der Waals surface area (Å²) in [6.07, 6.45) is 7.33. The molecule has 0 radical (unpaired) electrons. The minimum absolute atomic E-state index is 0.118. The Kier molecular flexibility index (Phi) is 19.7. The number of hydrogen-bond acceptors (Lipinski definition) is 8. The Morgan fingerprint density at radius 3 is 1.18 bits per heavy atom. The van der Waals surface area contributed by atoms with E-state index in [9.17, 15) is 14.4 Å². The van der Waals surface area contributed by atoms with E-state index in [1.807, 2.05) is 6.55 Å². The summed E-state index contributed by atoms with van der Waals surface area (Å²) >= 11 is 0. The van der Waals surface area contributed by atoms with E-state index >= 15 is 0 Å². The molecule has 0 saturated carbocycles. The van der Waals surface area contributed by atoms with Gasteiger partial charge in [0, 0.05) is 6.04 Å². The molecule has 0 aliphatic carbocycles. The molecule has 0 bridgehead atoms. The SMILES string of the molecule is CCCCCCCC[Si](C)(O[Si](C)(C)C)O[Si](C)(C)O[Si](C)(CC[Si](O)(O)O)O[Si](C)(CC[Si](CC)(CC)CC)O[Si](C)(C)C. The van der Waals surface area contributed by atoms with Crippen molar-refractivity contribution in [3.8, 4) is 0 Å². The van der Waals surface area contributed by atoms with Crippen LogP contribution in [0.3, 0.4) is 0 Å². The zero-order chi connectivity index (χ0) is 35.4. The maximum atomic E-state index is 10.1. The maximum Gasteiger partial charge on any atom is 0.492 e. The van der Waals surface area contributed by atoms with Crippen LogP contribution in [0.5, 0.6) is 0 Å². The molecule has 272 valence electrons. The van der Waals surface area contributed by atoms with Gasteiger partial charge in [-0.2, -0.15) is 0 Å². The highest BCUT2D eigenvalue weighted by molar-refractivity contribution is 6.92. The highest BCUT2D eigenvalue weighted by atomic mass is 28.5. The van der Waals surface area contributed by atoms with Crippen molar-refractivity contribution >= 4 is 67.8 Å². The summed E-state index contributed by atoms with van der Waals surface area (Å²) in [7, 11) is -20.9. The summed E-state index contributed by atoms with van der Waals surface area (Å²) < 4.78 is 35.2. The molecule has 3 N–H and O–H groups in total. The van der Waals surface area contributed by atoms with Crippen LogP contribution in [0, 0.1) is 0 Å². The van der Waals surface area contributed by atoms with Gasteiger partial charge < -0.3 is 35.0 Å². The zero-order valence-corrected chi connectivity index (χ0v) is 40.3. The summed E-state index contributed by atoms with van der Waals surface area (Å²) in [5.41, 5.74) is 0. The van der Waals surface area contributed by atoms with Crippen LogP contribution in [0.1, 0.15) is 66.2 Å². The summed E-state index contributed by atoms with van der Waals surface area (Å²) in [5.74, 6) is 0. The normalized spacial score (nSPS) is 18.0. The zero-order valence-electron chi connectivity index (χ0n) is 32.3. The van der Waals surface area contributed by atoms with Crippen LogP contribution < -0.4 is 0 Å². The topological polar surface area (TPSA) is 107 Å². The first-order valence-corrected chi connectivity index (χ1v) is 39.9. The number of unbranched alkanes of at least 4 members (excludes halogenated alkanes) is 5. The fourth-order valence-corrected chi connectivity index (χ4v) is 44.1. The second-order valence-corrected chi connectivity index (χ2v) is 47.7. The van der Waals surface area contributed by atoms with Crippen molar-refractivity contribution < 1.29 is 35.0 Å². The van der Waals surface area contributed by atoms with Gasteiger partial charge in [0.2, 0.25) is 0 Å². The highest BCUT2D eigenvalue weighted by Gasteiger charge is 2.52. The van der Waals surface area contributed by atoms with Crippen molar-refractivity contribution in [2.45, 2.75) is 187 Å². The largest absolute Gasteiger partial charge is 0.492 e. The van der Waals surface area contributed by atoms with E-state index < -0.39 is 67.8 Å². The van der Waals surface area contributed by atoms with Crippen LogP contribution in [-0.4, -0.2) is 82.1 Å². The lowest BCUT2D eigenvalue weighted by molar-refractivity contribution is 0.224. The van der Waals surface area contributed by atoms with Gasteiger partial charge in [-0.15, -0.1) is 0 Å². The second-order valence-electron chi connectivity index (χ2n) is 16.4. The van der Waals surface area contributed by atoms with Crippen molar-refractivity contribution in [3.63, 3.8) is 0 Å². The molecular weight excluding hydrogens is 701 g/mol. The van der Waals surface area contributed by atoms with E-state index in [2.05, 4.69) is 93.2 Å². The van der Waals surface area contributed by atoms with E-state index in [4.69, 9.17) is 20.6 Å². The first kappa shape index (κ1) is 46.4. The van der Waals surface area contributed by atoms with Crippen LogP contribution in [0.25, 0.3) is 0 Å². The van der Waals surface area contributed by atoms with Gasteiger partial charge in [0.1, 0.15) is 0 Å². The van der Waals surface area contributed by atoms with E-state index in [0.29, 0.717) is 0 Å². The molecule has 45 heavy (non-hydrogen) atoms. The van der Waals surface area contributed by atoms with Crippen LogP contribution in [-0.2, 0) is 20.6 Å². The Balaban J connectivity index is 6.38. The molecule has 0 aromatic carbocycles. The highest BCUT2D eigenvalue weighted by Crippen LogP contribution is 2.37. The smallest absolute Gasteiger partial charge is 0.437 e. The first-order valence-electron chi connectivity index (χ1n) is 17.9. The fourth-order valence-electron chi connectivity index (χ4n) is 6.58. The fraction of sp³-hybridized carbons (Fsp3) is 1.00. The molecular formula is C29H76O8Si8. The average molecular weight is 778 g/mol. The van der Waals surface area contributed by atoms with Crippen molar-refractivity contribution in [1.29, 1.82) is 0 Å². The van der Waals surface area contributed by atoms with Gasteiger partial charge in [-0.05, 0) is 90.1 Å². The van der Waals surface area contributed by atoms with Crippen LogP contribution >= 0.6 is 0 Å². The van der Waals surface area contributed by atoms with E-state index in [1.165, 1.54) is 50.2 Å². The third-order valence-electron chi connectivity index (χ3n) is 8.66. The molecule has 0 aromatic heterocycles. The minimum Gasteiger partial charge on any atom is -0.437 e. The summed E-state index contributed by atoms with van der Waals surface area (Å²) in [4.78, 5) is 30.3. The Bertz CT molecular complexity index is 824. The Hall–Kier alpha value is 1.42. The molecule has 0 fully saturated rings. The molecule has 0 aromatic rings. The predicted octanol–water partition coefficient (Wildman–Crippen LogP) is 9.44. The van der Waals surface area contributed by atoms with Crippen LogP contribution in [0.4, 0.5) is 0 Å². The monoisotopic (exact) mass is 776 g/mol. The van der Waals surface area contributed by atoms with Gasteiger partial charge in [-0.1, -0.05) is 90.4 Å². The molecule has 0 saturated heterocycles.